The highest BCUT2D eigenvalue weighted by atomic mass is 35.5. The van der Waals surface area contributed by atoms with Gasteiger partial charge in [0.25, 0.3) is 0 Å². The van der Waals surface area contributed by atoms with Gasteiger partial charge in [0.1, 0.15) is 5.82 Å². The number of halogens is 2. The van der Waals surface area contributed by atoms with E-state index in [9.17, 15) is 4.39 Å². The molecule has 0 amide bonds. The van der Waals surface area contributed by atoms with Crippen LogP contribution in [-0.4, -0.2) is 10.1 Å². The molecule has 0 unspecified atom stereocenters. The minimum atomic E-state index is -0.344. The van der Waals surface area contributed by atoms with E-state index in [1.165, 1.54) is 23.5 Å². The van der Waals surface area contributed by atoms with Crippen molar-refractivity contribution in [1.82, 2.24) is 4.98 Å². The van der Waals surface area contributed by atoms with Crippen molar-refractivity contribution in [1.29, 1.82) is 0 Å². The minimum Gasteiger partial charge on any atom is -0.391 e. The van der Waals surface area contributed by atoms with Gasteiger partial charge in [0.15, 0.2) is 0 Å². The molecule has 0 aliphatic rings. The molecule has 0 saturated heterocycles. The minimum absolute atomic E-state index is 0.00514. The van der Waals surface area contributed by atoms with Gasteiger partial charge in [-0.15, -0.1) is 11.3 Å². The second-order valence-corrected chi connectivity index (χ2v) is 4.90. The summed E-state index contributed by atoms with van der Waals surface area (Å²) in [7, 11) is 0. The maximum atomic E-state index is 12.8. The first-order valence-corrected chi connectivity index (χ1v) is 5.87. The molecule has 1 aromatic carbocycles. The van der Waals surface area contributed by atoms with Crippen molar-refractivity contribution in [2.24, 2.45) is 0 Å². The second kappa shape index (κ2) is 4.91. The van der Waals surface area contributed by atoms with Crippen molar-refractivity contribution in [2.45, 2.75) is 13.0 Å². The number of aliphatic hydroxyl groups is 1. The summed E-state index contributed by atoms with van der Waals surface area (Å²) in [6.45, 7) is -0.00514. The third-order valence-electron chi connectivity index (χ3n) is 2.11. The first-order valence-electron chi connectivity index (χ1n) is 4.67. The Balaban J connectivity index is 2.20. The summed E-state index contributed by atoms with van der Waals surface area (Å²) in [6.07, 6.45) is 2.20. The number of hydrogen-bond acceptors (Lipinski definition) is 3. The average Bonchev–Trinajstić information content (AvgIpc) is 2.70. The molecule has 0 spiro atoms. The summed E-state index contributed by atoms with van der Waals surface area (Å²) >= 11 is 7.33. The second-order valence-electron chi connectivity index (χ2n) is 3.29. The van der Waals surface area contributed by atoms with Gasteiger partial charge in [0, 0.05) is 17.6 Å². The van der Waals surface area contributed by atoms with E-state index in [4.69, 9.17) is 16.7 Å². The molecule has 16 heavy (non-hydrogen) atoms. The Kier molecular flexibility index (Phi) is 3.53. The van der Waals surface area contributed by atoms with Crippen LogP contribution in [0.5, 0.6) is 0 Å². The zero-order valence-corrected chi connectivity index (χ0v) is 9.85. The molecule has 0 fully saturated rings. The van der Waals surface area contributed by atoms with Crippen LogP contribution in [0.25, 0.3) is 0 Å². The molecule has 1 N–H and O–H groups in total. The zero-order chi connectivity index (χ0) is 11.5. The molecule has 0 radical (unpaired) electrons. The molecule has 5 heteroatoms. The Hall–Kier alpha value is -0.970. The van der Waals surface area contributed by atoms with Crippen LogP contribution in [0.3, 0.4) is 0 Å². The lowest BCUT2D eigenvalue weighted by Crippen LogP contribution is -1.89. The number of hydrogen-bond donors (Lipinski definition) is 1. The van der Waals surface area contributed by atoms with Gasteiger partial charge in [-0.3, -0.25) is 0 Å². The number of nitrogens with zero attached hydrogens (tertiary/aromatic N) is 1. The molecule has 2 rings (SSSR count). The number of benzene rings is 1. The molecule has 1 aromatic heterocycles. The molecule has 2 aromatic rings. The molecular weight excluding hydrogens is 249 g/mol. The summed E-state index contributed by atoms with van der Waals surface area (Å²) in [5.41, 5.74) is 0.835. The topological polar surface area (TPSA) is 33.1 Å². The molecule has 84 valence electrons. The molecule has 0 aliphatic carbocycles. The first-order chi connectivity index (χ1) is 7.69. The normalized spacial score (nSPS) is 10.7. The molecule has 0 bridgehead atoms. The van der Waals surface area contributed by atoms with E-state index in [0.717, 1.165) is 15.4 Å². The SMILES string of the molecule is OCc1cnc(Cc2ccc(F)cc2Cl)s1. The van der Waals surface area contributed by atoms with E-state index in [-0.39, 0.29) is 12.4 Å². The lowest BCUT2D eigenvalue weighted by Gasteiger charge is -2.01. The Labute approximate surface area is 101 Å². The van der Waals surface area contributed by atoms with Gasteiger partial charge < -0.3 is 5.11 Å². The molecule has 2 nitrogen and oxygen atoms in total. The van der Waals surface area contributed by atoms with Gasteiger partial charge in [-0.1, -0.05) is 17.7 Å². The lowest BCUT2D eigenvalue weighted by molar-refractivity contribution is 0.285. The van der Waals surface area contributed by atoms with Crippen molar-refractivity contribution in [3.8, 4) is 0 Å². The maximum absolute atomic E-state index is 12.8. The number of aromatic nitrogens is 1. The predicted octanol–water partition coefficient (Wildman–Crippen LogP) is 3.02. The number of rotatable bonds is 3. The van der Waals surface area contributed by atoms with Crippen LogP contribution in [-0.2, 0) is 13.0 Å². The Morgan fingerprint density at radius 1 is 1.44 bits per heavy atom. The molecule has 1 heterocycles. The highest BCUT2D eigenvalue weighted by Gasteiger charge is 2.06. The summed E-state index contributed by atoms with van der Waals surface area (Å²) in [5.74, 6) is -0.344. The van der Waals surface area contributed by atoms with Crippen LogP contribution in [0.15, 0.2) is 24.4 Å². The maximum Gasteiger partial charge on any atom is 0.124 e. The Morgan fingerprint density at radius 2 is 2.25 bits per heavy atom. The first kappa shape index (κ1) is 11.5. The molecular formula is C11H9ClFNOS. The van der Waals surface area contributed by atoms with Crippen LogP contribution in [0.2, 0.25) is 5.02 Å². The van der Waals surface area contributed by atoms with Crippen LogP contribution < -0.4 is 0 Å². The van der Waals surface area contributed by atoms with Crippen LogP contribution in [0.4, 0.5) is 4.39 Å². The third-order valence-corrected chi connectivity index (χ3v) is 3.45. The van der Waals surface area contributed by atoms with Crippen LogP contribution in [0.1, 0.15) is 15.4 Å². The van der Waals surface area contributed by atoms with E-state index < -0.39 is 0 Å². The van der Waals surface area contributed by atoms with E-state index >= 15 is 0 Å². The Bertz CT molecular complexity index is 500. The molecule has 0 aliphatic heterocycles. The fourth-order valence-electron chi connectivity index (χ4n) is 1.33. The Morgan fingerprint density at radius 3 is 2.88 bits per heavy atom. The van der Waals surface area contributed by atoms with Crippen molar-refractivity contribution in [3.63, 3.8) is 0 Å². The molecule has 0 atom stereocenters. The smallest absolute Gasteiger partial charge is 0.124 e. The summed E-state index contributed by atoms with van der Waals surface area (Å²) < 4.78 is 12.8. The summed E-state index contributed by atoms with van der Waals surface area (Å²) in [5, 5.41) is 10.2. The van der Waals surface area contributed by atoms with E-state index in [2.05, 4.69) is 4.98 Å². The fourth-order valence-corrected chi connectivity index (χ4v) is 2.37. The monoisotopic (exact) mass is 257 g/mol. The largest absolute Gasteiger partial charge is 0.391 e. The van der Waals surface area contributed by atoms with Crippen LogP contribution in [0, 0.1) is 5.82 Å². The fraction of sp³-hybridized carbons (Fsp3) is 0.182. The van der Waals surface area contributed by atoms with Crippen LogP contribution >= 0.6 is 22.9 Å². The van der Waals surface area contributed by atoms with Gasteiger partial charge in [-0.25, -0.2) is 9.37 Å². The van der Waals surface area contributed by atoms with Crippen molar-refractivity contribution in [3.05, 3.63) is 50.7 Å². The van der Waals surface area contributed by atoms with Gasteiger partial charge in [0.2, 0.25) is 0 Å². The van der Waals surface area contributed by atoms with Gasteiger partial charge in [0.05, 0.1) is 16.5 Å². The van der Waals surface area contributed by atoms with E-state index in [1.54, 1.807) is 12.3 Å². The van der Waals surface area contributed by atoms with Gasteiger partial charge in [-0.05, 0) is 17.7 Å². The van der Waals surface area contributed by atoms with Gasteiger partial charge >= 0.3 is 0 Å². The standard InChI is InChI=1S/C11H9ClFNOS/c12-10-4-8(13)2-1-7(10)3-11-14-5-9(6-15)16-11/h1-2,4-5,15H,3,6H2. The lowest BCUT2D eigenvalue weighted by atomic mass is 10.1. The van der Waals surface area contributed by atoms with E-state index in [1.807, 2.05) is 0 Å². The molecule has 0 saturated carbocycles. The van der Waals surface area contributed by atoms with E-state index in [0.29, 0.717) is 11.4 Å². The quantitative estimate of drug-likeness (QED) is 0.917. The number of aliphatic hydroxyl groups excluding tert-OH is 1. The number of thiazole rings is 1. The highest BCUT2D eigenvalue weighted by Crippen LogP contribution is 2.22. The van der Waals surface area contributed by atoms with Crippen molar-refractivity contribution in [2.75, 3.05) is 0 Å². The van der Waals surface area contributed by atoms with Crippen molar-refractivity contribution >= 4 is 22.9 Å². The predicted molar refractivity (Wildman–Crippen MR) is 62.3 cm³/mol. The average molecular weight is 258 g/mol. The van der Waals surface area contributed by atoms with Gasteiger partial charge in [-0.2, -0.15) is 0 Å². The third kappa shape index (κ3) is 2.58. The summed E-state index contributed by atoms with van der Waals surface area (Å²) in [4.78, 5) is 4.97. The highest BCUT2D eigenvalue weighted by molar-refractivity contribution is 7.11. The van der Waals surface area contributed by atoms with Crippen molar-refractivity contribution < 1.29 is 9.50 Å². The summed E-state index contributed by atoms with van der Waals surface area (Å²) in [6, 6.07) is 4.32. The zero-order valence-electron chi connectivity index (χ0n) is 8.28.